The van der Waals surface area contributed by atoms with Crippen LogP contribution in [0.1, 0.15) is 72.1 Å². The van der Waals surface area contributed by atoms with Gasteiger partial charge in [0.2, 0.25) is 0 Å². The van der Waals surface area contributed by atoms with E-state index in [0.717, 1.165) is 19.3 Å². The monoisotopic (exact) mass is 314 g/mol. The van der Waals surface area contributed by atoms with Gasteiger partial charge >= 0.3 is 0 Å². The smallest absolute Gasteiger partial charge is 0.127 e. The van der Waals surface area contributed by atoms with E-state index in [1.165, 1.54) is 44.0 Å². The summed E-state index contributed by atoms with van der Waals surface area (Å²) in [5.41, 5.74) is 2.91. The molecule has 4 atom stereocenters. The van der Waals surface area contributed by atoms with Gasteiger partial charge in [0.15, 0.2) is 0 Å². The van der Waals surface area contributed by atoms with Crippen LogP contribution in [0.15, 0.2) is 36.5 Å². The summed E-state index contributed by atoms with van der Waals surface area (Å²) < 4.78 is 0. The maximum atomic E-state index is 12.2. The maximum Gasteiger partial charge on any atom is 0.127 e. The number of carbonyl (C=O) groups is 1. The molecule has 0 bridgehead atoms. The predicted molar refractivity (Wildman–Crippen MR) is 99.3 cm³/mol. The van der Waals surface area contributed by atoms with Crippen LogP contribution in [-0.2, 0) is 4.79 Å². The number of allylic oxidation sites excluding steroid dienone is 4. The average Bonchev–Trinajstić information content (AvgIpc) is 2.50. The summed E-state index contributed by atoms with van der Waals surface area (Å²) in [6.07, 6.45) is 14.8. The second-order valence-corrected chi connectivity index (χ2v) is 8.34. The lowest BCUT2D eigenvalue weighted by atomic mass is 9.51. The first kappa shape index (κ1) is 18.2. The van der Waals surface area contributed by atoms with Crippen molar-refractivity contribution in [2.75, 3.05) is 0 Å². The summed E-state index contributed by atoms with van der Waals surface area (Å²) in [5.74, 6) is 0.842. The Morgan fingerprint density at radius 1 is 1.48 bits per heavy atom. The van der Waals surface area contributed by atoms with Gasteiger partial charge in [-0.3, -0.25) is 0 Å². The molecule has 1 saturated carbocycles. The third kappa shape index (κ3) is 3.39. The van der Waals surface area contributed by atoms with Gasteiger partial charge in [-0.05, 0) is 69.1 Å². The Morgan fingerprint density at radius 2 is 2.22 bits per heavy atom. The number of hydrogen-bond donors (Lipinski definition) is 0. The van der Waals surface area contributed by atoms with E-state index in [0.29, 0.717) is 11.8 Å². The Bertz CT molecular complexity index is 500. The molecule has 0 radical (unpaired) electrons. The molecule has 0 amide bonds. The van der Waals surface area contributed by atoms with Crippen molar-refractivity contribution in [3.05, 3.63) is 36.5 Å². The van der Waals surface area contributed by atoms with Gasteiger partial charge in [-0.15, -0.1) is 13.2 Å². The minimum Gasteiger partial charge on any atom is -0.303 e. The molecule has 0 heterocycles. The van der Waals surface area contributed by atoms with Crippen molar-refractivity contribution in [2.24, 2.45) is 22.7 Å². The van der Waals surface area contributed by atoms with Gasteiger partial charge in [0.1, 0.15) is 6.29 Å². The highest BCUT2D eigenvalue weighted by Crippen LogP contribution is 2.58. The largest absolute Gasteiger partial charge is 0.303 e. The van der Waals surface area contributed by atoms with Gasteiger partial charge in [-0.25, -0.2) is 0 Å². The van der Waals surface area contributed by atoms with E-state index < -0.39 is 0 Å². The van der Waals surface area contributed by atoms with E-state index in [4.69, 9.17) is 0 Å². The summed E-state index contributed by atoms with van der Waals surface area (Å²) in [6.45, 7) is 14.8. The number of hydrogen-bond acceptors (Lipinski definition) is 1. The minimum absolute atomic E-state index is 0.220. The molecule has 0 aromatic rings. The van der Waals surface area contributed by atoms with Gasteiger partial charge in [-0.1, -0.05) is 43.6 Å². The third-order valence-electron chi connectivity index (χ3n) is 6.60. The Balaban J connectivity index is 2.29. The number of fused-ring (bicyclic) bond motifs is 1. The average molecular weight is 315 g/mol. The lowest BCUT2D eigenvalue weighted by Crippen LogP contribution is -2.46. The Kier molecular flexibility index (Phi) is 5.70. The van der Waals surface area contributed by atoms with E-state index in [1.807, 2.05) is 6.08 Å². The van der Waals surface area contributed by atoms with Crippen LogP contribution < -0.4 is 0 Å². The molecule has 128 valence electrons. The zero-order valence-corrected chi connectivity index (χ0v) is 15.4. The normalized spacial score (nSPS) is 36.7. The lowest BCUT2D eigenvalue weighted by Gasteiger charge is -2.53. The number of carbonyl (C=O) groups excluding carboxylic acids is 1. The molecule has 1 fully saturated rings. The number of rotatable bonds is 7. The first-order chi connectivity index (χ1) is 10.9. The molecule has 1 heteroatoms. The quantitative estimate of drug-likeness (QED) is 0.400. The molecule has 2 rings (SSSR count). The molecule has 0 unspecified atom stereocenters. The van der Waals surface area contributed by atoms with Crippen molar-refractivity contribution >= 4 is 6.29 Å². The van der Waals surface area contributed by atoms with Crippen molar-refractivity contribution in [2.45, 2.75) is 72.1 Å². The van der Waals surface area contributed by atoms with Crippen LogP contribution in [0.3, 0.4) is 0 Å². The van der Waals surface area contributed by atoms with Crippen molar-refractivity contribution in [1.82, 2.24) is 0 Å². The molecule has 0 N–H and O–H groups in total. The first-order valence-electron chi connectivity index (χ1n) is 9.32. The topological polar surface area (TPSA) is 17.1 Å². The van der Waals surface area contributed by atoms with Crippen LogP contribution in [0.4, 0.5) is 0 Å². The molecule has 2 aliphatic carbocycles. The maximum absolute atomic E-state index is 12.2. The molecule has 2 aliphatic rings. The third-order valence-corrected chi connectivity index (χ3v) is 6.60. The molecule has 1 nitrogen and oxygen atoms in total. The Morgan fingerprint density at radius 3 is 2.83 bits per heavy atom. The SMILES string of the molecule is C=CC[C@@]1(C=O)[C@@H](C)CC=C2[C@@H]1CCC[C@]2(C)CCCC(=C)C. The van der Waals surface area contributed by atoms with Crippen molar-refractivity contribution in [3.8, 4) is 0 Å². The second-order valence-electron chi connectivity index (χ2n) is 8.34. The summed E-state index contributed by atoms with van der Waals surface area (Å²) in [5, 5.41) is 0. The highest BCUT2D eigenvalue weighted by Gasteiger charge is 2.51. The van der Waals surface area contributed by atoms with Crippen LogP contribution in [0.5, 0.6) is 0 Å². The fourth-order valence-electron chi connectivity index (χ4n) is 5.12. The number of aldehydes is 1. The Labute approximate surface area is 142 Å². The van der Waals surface area contributed by atoms with E-state index in [9.17, 15) is 4.79 Å². The van der Waals surface area contributed by atoms with Gasteiger partial charge in [-0.2, -0.15) is 0 Å². The van der Waals surface area contributed by atoms with Gasteiger partial charge in [0, 0.05) is 5.41 Å². The predicted octanol–water partition coefficient (Wildman–Crippen LogP) is 6.27. The first-order valence-corrected chi connectivity index (χ1v) is 9.32. The fraction of sp³-hybridized carbons (Fsp3) is 0.682. The van der Waals surface area contributed by atoms with Gasteiger partial charge in [0.25, 0.3) is 0 Å². The standard InChI is InChI=1S/C22H34O/c1-6-13-22(16-23)18(4)11-12-19-20(22)10-8-15-21(19,5)14-7-9-17(2)3/h6,12,16,18,20H,1-2,7-11,13-15H2,3-5H3/t18-,20-,21-,22+/m0/s1. The molecule has 0 aromatic carbocycles. The summed E-state index contributed by atoms with van der Waals surface area (Å²) in [4.78, 5) is 12.2. The molecule has 0 aromatic heterocycles. The van der Waals surface area contributed by atoms with Gasteiger partial charge < -0.3 is 4.79 Å². The van der Waals surface area contributed by atoms with Crippen molar-refractivity contribution in [3.63, 3.8) is 0 Å². The van der Waals surface area contributed by atoms with E-state index in [1.54, 1.807) is 5.57 Å². The Hall–Kier alpha value is -1.11. The van der Waals surface area contributed by atoms with E-state index in [2.05, 4.69) is 40.0 Å². The summed E-state index contributed by atoms with van der Waals surface area (Å²) in [6, 6.07) is 0. The molecule has 0 saturated heterocycles. The van der Waals surface area contributed by atoms with Crippen LogP contribution >= 0.6 is 0 Å². The van der Waals surface area contributed by atoms with Crippen molar-refractivity contribution < 1.29 is 4.79 Å². The zero-order chi connectivity index (χ0) is 17.1. The van der Waals surface area contributed by atoms with Crippen molar-refractivity contribution in [1.29, 1.82) is 0 Å². The fourth-order valence-corrected chi connectivity index (χ4v) is 5.12. The minimum atomic E-state index is -0.220. The van der Waals surface area contributed by atoms with Gasteiger partial charge in [0.05, 0.1) is 0 Å². The van der Waals surface area contributed by atoms with Crippen LogP contribution in [-0.4, -0.2) is 6.29 Å². The van der Waals surface area contributed by atoms with Crippen LogP contribution in [0, 0.1) is 22.7 Å². The lowest BCUT2D eigenvalue weighted by molar-refractivity contribution is -0.123. The van der Waals surface area contributed by atoms with Crippen LogP contribution in [0.25, 0.3) is 0 Å². The molecule has 0 spiro atoms. The van der Waals surface area contributed by atoms with Crippen LogP contribution in [0.2, 0.25) is 0 Å². The molecular formula is C22H34O. The molecular weight excluding hydrogens is 280 g/mol. The zero-order valence-electron chi connectivity index (χ0n) is 15.4. The molecule has 0 aliphatic heterocycles. The highest BCUT2D eigenvalue weighted by molar-refractivity contribution is 5.63. The molecule has 23 heavy (non-hydrogen) atoms. The highest BCUT2D eigenvalue weighted by atomic mass is 16.1. The van der Waals surface area contributed by atoms with E-state index in [-0.39, 0.29) is 10.8 Å². The summed E-state index contributed by atoms with van der Waals surface area (Å²) >= 11 is 0. The van der Waals surface area contributed by atoms with E-state index >= 15 is 0 Å². The second kappa shape index (κ2) is 7.20. The summed E-state index contributed by atoms with van der Waals surface area (Å²) in [7, 11) is 0.